The number of ether oxygens (including phenoxy) is 1. The Labute approximate surface area is 244 Å². The average molecular weight is 555 g/mol. The molecule has 0 N–H and O–H groups in total. The third kappa shape index (κ3) is 4.93. The summed E-state index contributed by atoms with van der Waals surface area (Å²) >= 11 is 0. The van der Waals surface area contributed by atoms with Crippen LogP contribution in [-0.4, -0.2) is 23.1 Å². The molecule has 7 aliphatic rings. The minimum absolute atomic E-state index is 0.0939. The molecule has 0 amide bonds. The second-order valence-electron chi connectivity index (χ2n) is 16.9. The summed E-state index contributed by atoms with van der Waals surface area (Å²) < 4.78 is 5.68. The highest BCUT2D eigenvalue weighted by Gasteiger charge is 2.75. The lowest BCUT2D eigenvalue weighted by Crippen LogP contribution is -2.48. The lowest BCUT2D eigenvalue weighted by Gasteiger charge is -2.57. The van der Waals surface area contributed by atoms with Gasteiger partial charge in [0, 0.05) is 23.7 Å². The van der Waals surface area contributed by atoms with Crippen molar-refractivity contribution in [1.82, 2.24) is 0 Å². The minimum Gasteiger partial charge on any atom is -0.450 e. The number of hydrogen-bond donors (Lipinski definition) is 0. The highest BCUT2D eigenvalue weighted by Crippen LogP contribution is 2.66. The first kappa shape index (κ1) is 30.3. The quantitative estimate of drug-likeness (QED) is 0.253. The van der Waals surface area contributed by atoms with Crippen LogP contribution in [0.4, 0.5) is 0 Å². The molecule has 0 aromatic heterocycles. The summed E-state index contributed by atoms with van der Waals surface area (Å²) in [4.78, 5) is 37.7. The van der Waals surface area contributed by atoms with Gasteiger partial charge >= 0.3 is 5.97 Å². The Hall–Kier alpha value is -1.19. The molecular formula is C36H58O4. The van der Waals surface area contributed by atoms with E-state index < -0.39 is 11.0 Å². The molecule has 7 rings (SSSR count). The smallest absolute Gasteiger partial charge is 0.313 e. The van der Waals surface area contributed by atoms with Crippen LogP contribution in [0.3, 0.4) is 0 Å². The van der Waals surface area contributed by atoms with E-state index in [1.807, 2.05) is 20.8 Å². The molecular weight excluding hydrogens is 496 g/mol. The normalized spacial score (nSPS) is 42.2. The van der Waals surface area contributed by atoms with E-state index in [9.17, 15) is 14.4 Å². The zero-order valence-electron chi connectivity index (χ0n) is 26.8. The minimum atomic E-state index is -0.842. The van der Waals surface area contributed by atoms with Crippen LogP contribution in [0.2, 0.25) is 0 Å². The molecule has 7 fully saturated rings. The van der Waals surface area contributed by atoms with Crippen LogP contribution in [0, 0.1) is 51.2 Å². The fraction of sp³-hybridized carbons (Fsp3) is 0.917. The van der Waals surface area contributed by atoms with Gasteiger partial charge in [0.05, 0.1) is 5.41 Å². The van der Waals surface area contributed by atoms with Gasteiger partial charge in [-0.15, -0.1) is 0 Å². The number of carbonyl (C=O) groups excluding carboxylic acids is 3. The van der Waals surface area contributed by atoms with Gasteiger partial charge in [0.15, 0.2) is 11.4 Å². The van der Waals surface area contributed by atoms with Gasteiger partial charge in [0.25, 0.3) is 0 Å². The number of rotatable bonds is 10. The van der Waals surface area contributed by atoms with Crippen LogP contribution in [0.15, 0.2) is 0 Å². The molecule has 1 aliphatic heterocycles. The summed E-state index contributed by atoms with van der Waals surface area (Å²) in [7, 11) is 0. The van der Waals surface area contributed by atoms with Crippen LogP contribution >= 0.6 is 0 Å². The first-order valence-electron chi connectivity index (χ1n) is 17.0. The number of carbonyl (C=O) groups is 3. The molecule has 4 heteroatoms. The van der Waals surface area contributed by atoms with E-state index in [2.05, 4.69) is 27.7 Å². The summed E-state index contributed by atoms with van der Waals surface area (Å²) in [5.41, 5.74) is -1.36. The number of esters is 1. The molecule has 1 heterocycles. The Balaban J connectivity index is 0.000000164. The fourth-order valence-electron chi connectivity index (χ4n) is 10.4. The molecule has 0 aromatic rings. The molecule has 1 saturated heterocycles. The van der Waals surface area contributed by atoms with E-state index in [4.69, 9.17) is 4.74 Å². The molecule has 2 atom stereocenters. The molecule has 40 heavy (non-hydrogen) atoms. The monoisotopic (exact) mass is 554 g/mol. The molecule has 6 saturated carbocycles. The Morgan fingerprint density at radius 1 is 0.850 bits per heavy atom. The van der Waals surface area contributed by atoms with Crippen molar-refractivity contribution in [2.24, 2.45) is 51.2 Å². The lowest BCUT2D eigenvalue weighted by atomic mass is 9.48. The second-order valence-corrected chi connectivity index (χ2v) is 16.9. The summed E-state index contributed by atoms with van der Waals surface area (Å²) in [5, 5.41) is 0. The lowest BCUT2D eigenvalue weighted by molar-refractivity contribution is -0.167. The molecule has 0 spiro atoms. The van der Waals surface area contributed by atoms with Crippen LogP contribution in [0.25, 0.3) is 0 Å². The zero-order chi connectivity index (χ0) is 29.1. The molecule has 226 valence electrons. The van der Waals surface area contributed by atoms with Crippen LogP contribution < -0.4 is 0 Å². The van der Waals surface area contributed by atoms with E-state index in [1.165, 1.54) is 64.2 Å². The Bertz CT molecular complexity index is 965. The summed E-state index contributed by atoms with van der Waals surface area (Å²) in [6.45, 7) is 14.7. The van der Waals surface area contributed by atoms with E-state index in [0.717, 1.165) is 49.4 Å². The number of fused-ring (bicyclic) bond motifs is 2. The van der Waals surface area contributed by atoms with Gasteiger partial charge in [-0.2, -0.15) is 0 Å². The van der Waals surface area contributed by atoms with Crippen molar-refractivity contribution >= 4 is 17.5 Å². The van der Waals surface area contributed by atoms with Crippen molar-refractivity contribution < 1.29 is 19.1 Å². The van der Waals surface area contributed by atoms with Gasteiger partial charge < -0.3 is 4.74 Å². The standard InChI is InChI=1S/C19H30O3.C17H28O/c1-5-6-13-11-14(12-13)7-8-15(20)19-10-9-18(4,16(21)22-19)17(19,2)3;1-4-16(2,3)15(18)11-17-8-12-5-13(9-17)7-14(6-12)10-17/h13-14H,5-12H2,1-4H3;12-14H,4-11H2,1-3H3. The molecule has 0 radical (unpaired) electrons. The fourth-order valence-corrected chi connectivity index (χ4v) is 10.4. The van der Waals surface area contributed by atoms with Gasteiger partial charge in [-0.3, -0.25) is 14.4 Å². The van der Waals surface area contributed by atoms with Crippen molar-refractivity contribution in [1.29, 1.82) is 0 Å². The maximum Gasteiger partial charge on any atom is 0.313 e. The summed E-state index contributed by atoms with van der Waals surface area (Å²) in [5.74, 6) is 5.04. The topological polar surface area (TPSA) is 60.4 Å². The number of Topliss-reactive ketones (excluding diaryl/α,β-unsaturated/α-hetero) is 2. The molecule has 6 aliphatic carbocycles. The third-order valence-electron chi connectivity index (χ3n) is 13.7. The van der Waals surface area contributed by atoms with E-state index in [-0.39, 0.29) is 22.6 Å². The maximum absolute atomic E-state index is 12.9. The van der Waals surface area contributed by atoms with E-state index in [0.29, 0.717) is 30.0 Å². The van der Waals surface area contributed by atoms with Crippen molar-refractivity contribution in [3.63, 3.8) is 0 Å². The highest BCUT2D eigenvalue weighted by atomic mass is 16.6. The zero-order valence-corrected chi connectivity index (χ0v) is 26.8. The largest absolute Gasteiger partial charge is 0.450 e. The molecule has 0 aromatic carbocycles. The van der Waals surface area contributed by atoms with Crippen LogP contribution in [-0.2, 0) is 19.1 Å². The number of ketones is 2. The van der Waals surface area contributed by atoms with Crippen molar-refractivity contribution in [2.75, 3.05) is 0 Å². The molecule has 4 nitrogen and oxygen atoms in total. The Morgan fingerprint density at radius 3 is 1.85 bits per heavy atom. The van der Waals surface area contributed by atoms with E-state index >= 15 is 0 Å². The average Bonchev–Trinajstić information content (AvgIpc) is 3.14. The molecule has 6 bridgehead atoms. The SMILES string of the molecule is CCC(C)(C)C(=O)CC12CC3CC(CC(C3)C1)C2.CCCC1CC(CCC(=O)C23CCC(C)(C(=O)O2)C3(C)C)C1. The molecule has 2 unspecified atom stereocenters. The van der Waals surface area contributed by atoms with Crippen molar-refractivity contribution in [3.8, 4) is 0 Å². The van der Waals surface area contributed by atoms with Crippen LogP contribution in [0.5, 0.6) is 0 Å². The Kier molecular flexibility index (Phi) is 7.96. The van der Waals surface area contributed by atoms with Gasteiger partial charge in [-0.1, -0.05) is 54.4 Å². The second kappa shape index (κ2) is 10.5. The van der Waals surface area contributed by atoms with Crippen LogP contribution in [0.1, 0.15) is 151 Å². The first-order chi connectivity index (χ1) is 18.7. The summed E-state index contributed by atoms with van der Waals surface area (Å²) in [6.07, 6.45) is 18.6. The number of hydrogen-bond acceptors (Lipinski definition) is 4. The van der Waals surface area contributed by atoms with E-state index in [1.54, 1.807) is 0 Å². The van der Waals surface area contributed by atoms with Gasteiger partial charge in [0.2, 0.25) is 0 Å². The third-order valence-corrected chi connectivity index (χ3v) is 13.7. The van der Waals surface area contributed by atoms with Gasteiger partial charge in [-0.05, 0) is 119 Å². The summed E-state index contributed by atoms with van der Waals surface area (Å²) in [6, 6.07) is 0. The highest BCUT2D eigenvalue weighted by molar-refractivity contribution is 5.97. The van der Waals surface area contributed by atoms with Gasteiger partial charge in [0.1, 0.15) is 5.78 Å². The van der Waals surface area contributed by atoms with Gasteiger partial charge in [-0.25, -0.2) is 0 Å². The predicted octanol–water partition coefficient (Wildman–Crippen LogP) is 8.88. The van der Waals surface area contributed by atoms with Crippen molar-refractivity contribution in [3.05, 3.63) is 0 Å². The van der Waals surface area contributed by atoms with Crippen molar-refractivity contribution in [2.45, 2.75) is 157 Å². The first-order valence-corrected chi connectivity index (χ1v) is 17.0. The Morgan fingerprint density at radius 2 is 1.40 bits per heavy atom. The predicted molar refractivity (Wildman–Crippen MR) is 160 cm³/mol. The maximum atomic E-state index is 12.9.